The average molecular weight is 355 g/mol. The highest BCUT2D eigenvalue weighted by Crippen LogP contribution is 2.32. The number of benzene rings is 2. The molecule has 0 spiro atoms. The van der Waals surface area contributed by atoms with Gasteiger partial charge in [-0.1, -0.05) is 57.9 Å². The van der Waals surface area contributed by atoms with Crippen LogP contribution in [0.5, 0.6) is 0 Å². The highest BCUT2D eigenvalue weighted by Gasteiger charge is 2.26. The minimum atomic E-state index is -0.390. The van der Waals surface area contributed by atoms with Gasteiger partial charge in [0.25, 0.3) is 0 Å². The molecule has 104 valence electrons. The van der Waals surface area contributed by atoms with Gasteiger partial charge in [0, 0.05) is 21.3 Å². The molecule has 0 heterocycles. The maximum absolute atomic E-state index is 11.3. The van der Waals surface area contributed by atoms with Crippen molar-refractivity contribution in [1.82, 2.24) is 0 Å². The van der Waals surface area contributed by atoms with Gasteiger partial charge in [0.1, 0.15) is 0 Å². The van der Waals surface area contributed by atoms with Crippen molar-refractivity contribution in [2.24, 2.45) is 0 Å². The number of halogens is 2. The third kappa shape index (κ3) is 3.14. The predicted octanol–water partition coefficient (Wildman–Crippen LogP) is 4.59. The summed E-state index contributed by atoms with van der Waals surface area (Å²) >= 11 is 9.60. The summed E-state index contributed by atoms with van der Waals surface area (Å²) in [6.45, 7) is 1.59. The Hall–Kier alpha value is -1.52. The smallest absolute Gasteiger partial charge is 0.230 e. The van der Waals surface area contributed by atoms with E-state index in [1.54, 1.807) is 13.0 Å². The largest absolute Gasteiger partial charge is 0.418 e. The van der Waals surface area contributed by atoms with E-state index in [9.17, 15) is 10.4 Å². The minimum absolute atomic E-state index is 0.101. The van der Waals surface area contributed by atoms with Crippen LogP contribution in [-0.4, -0.2) is 15.8 Å². The lowest BCUT2D eigenvalue weighted by molar-refractivity contribution is -0.727. The Morgan fingerprint density at radius 3 is 2.35 bits per heavy atom. The molecule has 0 radical (unpaired) electrons. The van der Waals surface area contributed by atoms with Gasteiger partial charge < -0.3 is 5.21 Å². The highest BCUT2D eigenvalue weighted by molar-refractivity contribution is 9.10. The Labute approximate surface area is 130 Å². The summed E-state index contributed by atoms with van der Waals surface area (Å²) in [6, 6.07) is 14.9. The number of hydrogen-bond donors (Lipinski definition) is 1. The molecule has 0 amide bonds. The zero-order valence-corrected chi connectivity index (χ0v) is 13.1. The normalized spacial score (nSPS) is 13.8. The molecule has 2 aromatic rings. The summed E-state index contributed by atoms with van der Waals surface area (Å²) in [5.74, 6) is -0.390. The van der Waals surface area contributed by atoms with Crippen LogP contribution in [0.3, 0.4) is 0 Å². The summed E-state index contributed by atoms with van der Waals surface area (Å²) in [7, 11) is 0. The molecule has 1 N–H and O–H groups in total. The lowest BCUT2D eigenvalue weighted by Crippen LogP contribution is -2.19. The van der Waals surface area contributed by atoms with Crippen LogP contribution in [0.25, 0.3) is 0 Å². The van der Waals surface area contributed by atoms with E-state index in [1.165, 1.54) is 0 Å². The minimum Gasteiger partial charge on any atom is -0.418 e. The lowest BCUT2D eigenvalue weighted by Gasteiger charge is -2.16. The molecular weight excluding hydrogens is 342 g/mol. The Balaban J connectivity index is 2.60. The van der Waals surface area contributed by atoms with Gasteiger partial charge in [-0.3, -0.25) is 5.21 Å². The van der Waals surface area contributed by atoms with Gasteiger partial charge in [0.05, 0.1) is 5.92 Å². The quantitative estimate of drug-likeness (QED) is 0.379. The van der Waals surface area contributed by atoms with Crippen LogP contribution in [0.1, 0.15) is 24.0 Å². The maximum Gasteiger partial charge on any atom is 0.230 e. The standard InChI is InChI=1S/C15H13BrClNO2/c1-10(18(19)20)15(11-6-8-12(16)9-7-11)13-4-2-3-5-14(13)17/h2-9,15H,1H3,(H,19,20). The first kappa shape index (κ1) is 14.9. The Bertz CT molecular complexity index is 637. The van der Waals surface area contributed by atoms with Crippen LogP contribution in [-0.2, 0) is 0 Å². The molecule has 3 nitrogen and oxygen atoms in total. The van der Waals surface area contributed by atoms with Gasteiger partial charge in [-0.15, -0.1) is 0 Å². The van der Waals surface area contributed by atoms with Crippen LogP contribution >= 0.6 is 27.5 Å². The average Bonchev–Trinajstić information content (AvgIpc) is 2.43. The Morgan fingerprint density at radius 1 is 1.20 bits per heavy atom. The van der Waals surface area contributed by atoms with Crippen LogP contribution in [0.15, 0.2) is 53.0 Å². The summed E-state index contributed by atoms with van der Waals surface area (Å²) in [5.41, 5.74) is 1.93. The van der Waals surface area contributed by atoms with Gasteiger partial charge in [-0.25, -0.2) is 0 Å². The van der Waals surface area contributed by atoms with E-state index in [4.69, 9.17) is 11.6 Å². The van der Waals surface area contributed by atoms with Crippen LogP contribution < -0.4 is 0 Å². The van der Waals surface area contributed by atoms with E-state index < -0.39 is 0 Å². The molecule has 0 saturated heterocycles. The molecule has 0 fully saturated rings. The monoisotopic (exact) mass is 353 g/mol. The van der Waals surface area contributed by atoms with Crippen molar-refractivity contribution < 1.29 is 10.1 Å². The van der Waals surface area contributed by atoms with Crippen molar-refractivity contribution in [2.75, 3.05) is 0 Å². The molecule has 1 atom stereocenters. The Morgan fingerprint density at radius 2 is 1.80 bits per heavy atom. The molecule has 2 rings (SSSR count). The van der Waals surface area contributed by atoms with Crippen LogP contribution in [0.2, 0.25) is 5.02 Å². The first-order valence-electron chi connectivity index (χ1n) is 6.00. The third-order valence-corrected chi connectivity index (χ3v) is 4.01. The van der Waals surface area contributed by atoms with Crippen LogP contribution in [0.4, 0.5) is 0 Å². The molecule has 5 heteroatoms. The van der Waals surface area contributed by atoms with E-state index in [1.807, 2.05) is 42.5 Å². The van der Waals surface area contributed by atoms with Crippen molar-refractivity contribution in [3.8, 4) is 0 Å². The van der Waals surface area contributed by atoms with Gasteiger partial charge in [-0.2, -0.15) is 0 Å². The molecular formula is C15H13BrClNO2. The molecule has 0 aromatic heterocycles. The summed E-state index contributed by atoms with van der Waals surface area (Å²) in [4.78, 5) is -0.101. The molecule has 2 aromatic carbocycles. The van der Waals surface area contributed by atoms with Crippen molar-refractivity contribution in [3.63, 3.8) is 0 Å². The molecule has 0 saturated carbocycles. The van der Waals surface area contributed by atoms with Crippen molar-refractivity contribution in [2.45, 2.75) is 12.8 Å². The molecule has 1 unspecified atom stereocenters. The zero-order chi connectivity index (χ0) is 14.7. The third-order valence-electron chi connectivity index (χ3n) is 3.14. The fourth-order valence-electron chi connectivity index (χ4n) is 2.12. The lowest BCUT2D eigenvalue weighted by atomic mass is 9.88. The van der Waals surface area contributed by atoms with Crippen molar-refractivity contribution in [3.05, 3.63) is 74.4 Å². The topological polar surface area (TPSA) is 46.3 Å². The Kier molecular flexibility index (Phi) is 4.68. The fourth-order valence-corrected chi connectivity index (χ4v) is 2.63. The van der Waals surface area contributed by atoms with E-state index in [-0.39, 0.29) is 16.5 Å². The van der Waals surface area contributed by atoms with Crippen molar-refractivity contribution in [1.29, 1.82) is 0 Å². The zero-order valence-electron chi connectivity index (χ0n) is 10.8. The summed E-state index contributed by atoms with van der Waals surface area (Å²) in [6.07, 6.45) is 0. The second kappa shape index (κ2) is 6.29. The number of hydrogen-bond acceptors (Lipinski definition) is 2. The maximum atomic E-state index is 11.3. The van der Waals surface area contributed by atoms with Gasteiger partial charge in [0.15, 0.2) is 0 Å². The molecule has 0 bridgehead atoms. The summed E-state index contributed by atoms with van der Waals surface area (Å²) in [5, 5.41) is 21.1. The molecule has 0 aliphatic carbocycles. The van der Waals surface area contributed by atoms with E-state index in [0.717, 1.165) is 15.6 Å². The highest BCUT2D eigenvalue weighted by atomic mass is 79.9. The second-order valence-corrected chi connectivity index (χ2v) is 5.74. The molecule has 0 aliphatic heterocycles. The number of nitrogens with zero attached hydrogens (tertiary/aromatic N) is 1. The van der Waals surface area contributed by atoms with E-state index in [0.29, 0.717) is 5.02 Å². The summed E-state index contributed by atoms with van der Waals surface area (Å²) < 4.78 is 0.944. The SMILES string of the molecule is C/C(C(c1ccc(Br)cc1)c1ccccc1Cl)=[N+](\[O-])O. The van der Waals surface area contributed by atoms with Gasteiger partial charge >= 0.3 is 0 Å². The first-order chi connectivity index (χ1) is 9.50. The van der Waals surface area contributed by atoms with E-state index >= 15 is 0 Å². The predicted molar refractivity (Wildman–Crippen MR) is 83.5 cm³/mol. The molecule has 0 aliphatic rings. The fraction of sp³-hybridized carbons (Fsp3) is 0.133. The second-order valence-electron chi connectivity index (χ2n) is 4.42. The van der Waals surface area contributed by atoms with Crippen LogP contribution in [0, 0.1) is 5.21 Å². The molecule has 20 heavy (non-hydrogen) atoms. The number of rotatable bonds is 3. The van der Waals surface area contributed by atoms with Gasteiger partial charge in [0.2, 0.25) is 5.71 Å². The first-order valence-corrected chi connectivity index (χ1v) is 7.17. The van der Waals surface area contributed by atoms with Crippen molar-refractivity contribution >= 4 is 33.2 Å². The van der Waals surface area contributed by atoms with Gasteiger partial charge in [-0.05, 0) is 29.3 Å². The van der Waals surface area contributed by atoms with E-state index in [2.05, 4.69) is 15.9 Å².